The van der Waals surface area contributed by atoms with Crippen molar-refractivity contribution in [1.29, 1.82) is 0 Å². The van der Waals surface area contributed by atoms with Gasteiger partial charge in [-0.2, -0.15) is 4.31 Å². The number of benzene rings is 1. The number of ether oxygens (including phenoxy) is 1. The molecule has 0 saturated carbocycles. The molecule has 9 heteroatoms. The van der Waals surface area contributed by atoms with Crippen molar-refractivity contribution in [3.05, 3.63) is 29.6 Å². The molecule has 0 saturated heterocycles. The van der Waals surface area contributed by atoms with Crippen molar-refractivity contribution in [2.24, 2.45) is 0 Å². The van der Waals surface area contributed by atoms with E-state index in [0.717, 1.165) is 18.2 Å². The molecule has 0 aliphatic rings. The summed E-state index contributed by atoms with van der Waals surface area (Å²) in [7, 11) is -3.85. The van der Waals surface area contributed by atoms with Gasteiger partial charge in [0.1, 0.15) is 5.82 Å². The van der Waals surface area contributed by atoms with Crippen molar-refractivity contribution in [3.8, 4) is 0 Å². The van der Waals surface area contributed by atoms with Gasteiger partial charge in [-0.1, -0.05) is 20.8 Å². The minimum absolute atomic E-state index is 0.211. The Morgan fingerprint density at radius 2 is 1.85 bits per heavy atom. The molecule has 0 unspecified atom stereocenters. The molecule has 26 heavy (non-hydrogen) atoms. The lowest BCUT2D eigenvalue weighted by Crippen LogP contribution is -2.36. The van der Waals surface area contributed by atoms with Gasteiger partial charge in [-0.25, -0.2) is 17.6 Å². The van der Waals surface area contributed by atoms with Crippen molar-refractivity contribution in [3.63, 3.8) is 0 Å². The van der Waals surface area contributed by atoms with Gasteiger partial charge < -0.3 is 10.1 Å². The Labute approximate surface area is 153 Å². The summed E-state index contributed by atoms with van der Waals surface area (Å²) >= 11 is 0. The highest BCUT2D eigenvalue weighted by atomic mass is 32.2. The largest absolute Gasteiger partial charge is 0.449 e. The molecular weight excluding hydrogens is 363 g/mol. The molecule has 1 amide bonds. The summed E-state index contributed by atoms with van der Waals surface area (Å²) in [6.45, 7) is 7.49. The van der Waals surface area contributed by atoms with Gasteiger partial charge in [0.2, 0.25) is 10.0 Å². The Hall–Kier alpha value is -2.00. The smallest absolute Gasteiger partial charge is 0.341 e. The number of sulfonamides is 1. The minimum atomic E-state index is -3.85. The van der Waals surface area contributed by atoms with Crippen LogP contribution in [0.5, 0.6) is 0 Å². The maximum Gasteiger partial charge on any atom is 0.341 e. The van der Waals surface area contributed by atoms with E-state index in [0.29, 0.717) is 13.0 Å². The molecule has 1 atom stereocenters. The average Bonchev–Trinajstić information content (AvgIpc) is 2.60. The van der Waals surface area contributed by atoms with Crippen LogP contribution >= 0.6 is 0 Å². The van der Waals surface area contributed by atoms with Crippen LogP contribution in [-0.2, 0) is 19.6 Å². The van der Waals surface area contributed by atoms with E-state index in [2.05, 4.69) is 5.32 Å². The van der Waals surface area contributed by atoms with Crippen LogP contribution in [0.15, 0.2) is 23.1 Å². The average molecular weight is 388 g/mol. The van der Waals surface area contributed by atoms with Gasteiger partial charge in [0.05, 0.1) is 10.5 Å². The molecule has 146 valence electrons. The fraction of sp³-hybridized carbons (Fsp3) is 0.529. The summed E-state index contributed by atoms with van der Waals surface area (Å²) in [6.07, 6.45) is -0.414. The number of carbonyl (C=O) groups is 2. The van der Waals surface area contributed by atoms with Crippen LogP contribution in [0.1, 0.15) is 44.5 Å². The Balaban J connectivity index is 3.07. The molecule has 0 aromatic heterocycles. The van der Waals surface area contributed by atoms with Gasteiger partial charge in [0.25, 0.3) is 5.91 Å². The second-order valence-electron chi connectivity index (χ2n) is 5.57. The van der Waals surface area contributed by atoms with Gasteiger partial charge in [0.15, 0.2) is 6.10 Å². The number of esters is 1. The van der Waals surface area contributed by atoms with Crippen LogP contribution in [0.2, 0.25) is 0 Å². The molecule has 0 radical (unpaired) electrons. The first kappa shape index (κ1) is 22.0. The van der Waals surface area contributed by atoms with Crippen LogP contribution < -0.4 is 5.32 Å². The summed E-state index contributed by atoms with van der Waals surface area (Å²) in [5.41, 5.74) is -0.534. The molecule has 0 aliphatic carbocycles. The third-order valence-corrected chi connectivity index (χ3v) is 5.75. The molecule has 0 heterocycles. The normalized spacial score (nSPS) is 12.7. The predicted octanol–water partition coefficient (Wildman–Crippen LogP) is 1.93. The van der Waals surface area contributed by atoms with Crippen LogP contribution in [-0.4, -0.2) is 50.3 Å². The van der Waals surface area contributed by atoms with E-state index in [1.807, 2.05) is 6.92 Å². The number of rotatable bonds is 9. The van der Waals surface area contributed by atoms with Crippen LogP contribution in [0, 0.1) is 5.82 Å². The van der Waals surface area contributed by atoms with Crippen molar-refractivity contribution in [2.75, 3.05) is 19.6 Å². The summed E-state index contributed by atoms with van der Waals surface area (Å²) < 4.78 is 45.2. The second-order valence-corrected chi connectivity index (χ2v) is 7.51. The van der Waals surface area contributed by atoms with Gasteiger partial charge in [-0.15, -0.1) is 0 Å². The van der Waals surface area contributed by atoms with E-state index < -0.39 is 39.4 Å². The number of nitrogens with zero attached hydrogens (tertiary/aromatic N) is 1. The fourth-order valence-electron chi connectivity index (χ4n) is 2.20. The first-order valence-corrected chi connectivity index (χ1v) is 9.91. The number of amides is 1. The summed E-state index contributed by atoms with van der Waals surface area (Å²) in [4.78, 5) is 23.7. The number of hydrogen-bond donors (Lipinski definition) is 1. The molecule has 0 fully saturated rings. The lowest BCUT2D eigenvalue weighted by Gasteiger charge is -2.19. The van der Waals surface area contributed by atoms with Crippen LogP contribution in [0.3, 0.4) is 0 Å². The fourth-order valence-corrected chi connectivity index (χ4v) is 3.69. The molecular formula is C17H25FN2O5S. The summed E-state index contributed by atoms with van der Waals surface area (Å²) in [5.74, 6) is -2.53. The van der Waals surface area contributed by atoms with Crippen LogP contribution in [0.4, 0.5) is 4.39 Å². The van der Waals surface area contributed by atoms with E-state index in [9.17, 15) is 22.4 Å². The monoisotopic (exact) mass is 388 g/mol. The van der Waals surface area contributed by atoms with E-state index in [4.69, 9.17) is 4.74 Å². The van der Waals surface area contributed by atoms with Gasteiger partial charge in [0, 0.05) is 19.6 Å². The molecule has 0 aliphatic heterocycles. The quantitative estimate of drug-likeness (QED) is 0.653. The maximum atomic E-state index is 14.0. The SMILES string of the molecule is CCCNC(=O)[C@H](C)OC(=O)c1cc(S(=O)(=O)N(CC)CC)ccc1F. The molecule has 0 spiro atoms. The Kier molecular flexibility index (Phi) is 8.16. The molecule has 7 nitrogen and oxygen atoms in total. The third-order valence-electron chi connectivity index (χ3n) is 3.70. The van der Waals surface area contributed by atoms with Crippen LogP contribution in [0.25, 0.3) is 0 Å². The summed E-state index contributed by atoms with van der Waals surface area (Å²) in [6, 6.07) is 2.92. The first-order valence-electron chi connectivity index (χ1n) is 8.47. The second kappa shape index (κ2) is 9.63. The molecule has 1 aromatic rings. The zero-order valence-corrected chi connectivity index (χ0v) is 16.2. The van der Waals surface area contributed by atoms with Gasteiger partial charge in [-0.05, 0) is 31.5 Å². The van der Waals surface area contributed by atoms with Gasteiger partial charge >= 0.3 is 5.97 Å². The minimum Gasteiger partial charge on any atom is -0.449 e. The Morgan fingerprint density at radius 3 is 2.38 bits per heavy atom. The molecule has 0 bridgehead atoms. The van der Waals surface area contributed by atoms with E-state index >= 15 is 0 Å². The zero-order valence-electron chi connectivity index (χ0n) is 15.4. The number of halogens is 1. The Bertz CT molecular complexity index is 748. The van der Waals surface area contributed by atoms with Crippen molar-refractivity contribution >= 4 is 21.9 Å². The topological polar surface area (TPSA) is 92.8 Å². The standard InChI is InChI=1S/C17H25FN2O5S/c1-5-10-19-16(21)12(4)25-17(22)14-11-13(8-9-15(14)18)26(23,24)20(6-2)7-3/h8-9,11-12H,5-7,10H2,1-4H3,(H,19,21)/t12-/m0/s1. The zero-order chi connectivity index (χ0) is 19.9. The van der Waals surface area contributed by atoms with Gasteiger partial charge in [-0.3, -0.25) is 4.79 Å². The van der Waals surface area contributed by atoms with E-state index in [-0.39, 0.29) is 18.0 Å². The number of hydrogen-bond acceptors (Lipinski definition) is 5. The predicted molar refractivity (Wildman–Crippen MR) is 94.7 cm³/mol. The lowest BCUT2D eigenvalue weighted by atomic mass is 10.2. The van der Waals surface area contributed by atoms with E-state index in [1.54, 1.807) is 13.8 Å². The third kappa shape index (κ3) is 5.25. The summed E-state index contributed by atoms with van der Waals surface area (Å²) in [5, 5.41) is 2.56. The Morgan fingerprint density at radius 1 is 1.23 bits per heavy atom. The first-order chi connectivity index (χ1) is 12.2. The highest BCUT2D eigenvalue weighted by molar-refractivity contribution is 7.89. The lowest BCUT2D eigenvalue weighted by molar-refractivity contribution is -0.129. The highest BCUT2D eigenvalue weighted by Gasteiger charge is 2.26. The van der Waals surface area contributed by atoms with Crippen molar-refractivity contribution < 1.29 is 27.1 Å². The molecule has 1 rings (SSSR count). The molecule has 1 N–H and O–H groups in total. The maximum absolute atomic E-state index is 14.0. The van der Waals surface area contributed by atoms with Crippen molar-refractivity contribution in [1.82, 2.24) is 9.62 Å². The number of carbonyl (C=O) groups excluding carboxylic acids is 2. The highest BCUT2D eigenvalue weighted by Crippen LogP contribution is 2.20. The number of nitrogens with one attached hydrogen (secondary N) is 1. The molecule has 1 aromatic carbocycles. The van der Waals surface area contributed by atoms with Crippen molar-refractivity contribution in [2.45, 2.75) is 45.1 Å². The van der Waals surface area contributed by atoms with E-state index in [1.165, 1.54) is 11.2 Å².